The van der Waals surface area contributed by atoms with E-state index in [0.29, 0.717) is 12.4 Å². The largest absolute Gasteiger partial charge is 0.383 e. The Bertz CT molecular complexity index is 1340. The van der Waals surface area contributed by atoms with Crippen LogP contribution in [0.1, 0.15) is 25.3 Å². The maximum absolute atomic E-state index is 13.6. The number of ether oxygens (including phenoxy) is 1. The van der Waals surface area contributed by atoms with Gasteiger partial charge >= 0.3 is 6.03 Å². The van der Waals surface area contributed by atoms with E-state index in [9.17, 15) is 4.79 Å². The van der Waals surface area contributed by atoms with Crippen LogP contribution < -0.4 is 10.6 Å². The van der Waals surface area contributed by atoms with Gasteiger partial charge in [0.05, 0.1) is 24.5 Å². The minimum Gasteiger partial charge on any atom is -0.383 e. The van der Waals surface area contributed by atoms with E-state index in [4.69, 9.17) is 9.84 Å². The molecule has 1 saturated heterocycles. The zero-order chi connectivity index (χ0) is 26.7. The molecule has 1 fully saturated rings. The van der Waals surface area contributed by atoms with E-state index in [0.717, 1.165) is 55.0 Å². The SMILES string of the molecule is COCCN1C[C@@H](NC(=O)Nc2c(C)c(-c3cnn(C)c3)nn2-c2ccccc2)[C@](C)(C2=CCCC=C2)C1. The van der Waals surface area contributed by atoms with E-state index in [2.05, 4.69) is 45.8 Å². The first-order chi connectivity index (χ1) is 18.4. The number of nitrogens with one attached hydrogen (secondary N) is 2. The minimum absolute atomic E-state index is 0.0560. The van der Waals surface area contributed by atoms with Crippen molar-refractivity contribution in [1.29, 1.82) is 0 Å². The highest BCUT2D eigenvalue weighted by Gasteiger charge is 2.45. The molecular weight excluding hydrogens is 478 g/mol. The van der Waals surface area contributed by atoms with Gasteiger partial charge in [-0.1, -0.05) is 43.4 Å². The third-order valence-electron chi connectivity index (χ3n) is 7.67. The summed E-state index contributed by atoms with van der Waals surface area (Å²) < 4.78 is 8.88. The summed E-state index contributed by atoms with van der Waals surface area (Å²) in [5.41, 5.74) is 4.53. The molecule has 1 aliphatic carbocycles. The fourth-order valence-corrected chi connectivity index (χ4v) is 5.54. The summed E-state index contributed by atoms with van der Waals surface area (Å²) in [4.78, 5) is 16.0. The number of methoxy groups -OCH3 is 1. The molecule has 2 atom stereocenters. The highest BCUT2D eigenvalue weighted by Crippen LogP contribution is 2.40. The number of aryl methyl sites for hydroxylation is 1. The van der Waals surface area contributed by atoms with Crippen LogP contribution in [-0.4, -0.2) is 69.9 Å². The molecule has 9 nitrogen and oxygen atoms in total. The van der Waals surface area contributed by atoms with Crippen molar-refractivity contribution in [3.8, 4) is 16.9 Å². The molecule has 3 heterocycles. The predicted molar refractivity (Wildman–Crippen MR) is 149 cm³/mol. The summed E-state index contributed by atoms with van der Waals surface area (Å²) in [6, 6.07) is 9.55. The van der Waals surface area contributed by atoms with Crippen LogP contribution >= 0.6 is 0 Å². The minimum atomic E-state index is -0.242. The van der Waals surface area contributed by atoms with Crippen molar-refractivity contribution in [3.05, 3.63) is 72.1 Å². The molecule has 2 N–H and O–H groups in total. The lowest BCUT2D eigenvalue weighted by Gasteiger charge is -2.34. The van der Waals surface area contributed by atoms with Crippen LogP contribution in [0, 0.1) is 12.3 Å². The Morgan fingerprint density at radius 3 is 2.74 bits per heavy atom. The second-order valence-electron chi connectivity index (χ2n) is 10.4. The van der Waals surface area contributed by atoms with Crippen molar-refractivity contribution in [2.75, 3.05) is 38.7 Å². The molecule has 200 valence electrons. The number of carbonyl (C=O) groups is 1. The lowest BCUT2D eigenvalue weighted by atomic mass is 9.76. The quantitative estimate of drug-likeness (QED) is 0.467. The lowest BCUT2D eigenvalue weighted by molar-refractivity contribution is 0.156. The Morgan fingerprint density at radius 2 is 2.05 bits per heavy atom. The molecule has 0 unspecified atom stereocenters. The van der Waals surface area contributed by atoms with Gasteiger partial charge in [-0.3, -0.25) is 14.9 Å². The maximum Gasteiger partial charge on any atom is 0.320 e. The number of hydrogen-bond donors (Lipinski definition) is 2. The fourth-order valence-electron chi connectivity index (χ4n) is 5.54. The number of aromatic nitrogens is 4. The average Bonchev–Trinajstić information content (AvgIpc) is 3.60. The van der Waals surface area contributed by atoms with Gasteiger partial charge in [-0.25, -0.2) is 9.48 Å². The monoisotopic (exact) mass is 515 g/mol. The molecule has 2 aromatic heterocycles. The molecule has 2 aliphatic rings. The molecule has 1 aromatic carbocycles. The van der Waals surface area contributed by atoms with Crippen molar-refractivity contribution in [1.82, 2.24) is 29.8 Å². The van der Waals surface area contributed by atoms with Gasteiger partial charge in [-0.05, 0) is 37.5 Å². The third kappa shape index (κ3) is 5.16. The topological polar surface area (TPSA) is 89.2 Å². The van der Waals surface area contributed by atoms with E-state index in [1.807, 2.05) is 50.5 Å². The number of hydrogen-bond acceptors (Lipinski definition) is 5. The van der Waals surface area contributed by atoms with Gasteiger partial charge in [0, 0.05) is 56.5 Å². The summed E-state index contributed by atoms with van der Waals surface area (Å²) in [6.07, 6.45) is 12.6. The summed E-state index contributed by atoms with van der Waals surface area (Å²) in [5, 5.41) is 15.6. The molecule has 38 heavy (non-hydrogen) atoms. The lowest BCUT2D eigenvalue weighted by Crippen LogP contribution is -2.48. The highest BCUT2D eigenvalue weighted by atomic mass is 16.5. The molecule has 5 rings (SSSR count). The van der Waals surface area contributed by atoms with Crippen LogP contribution in [0.25, 0.3) is 16.9 Å². The third-order valence-corrected chi connectivity index (χ3v) is 7.67. The second kappa shape index (κ2) is 11.0. The zero-order valence-electron chi connectivity index (χ0n) is 22.6. The van der Waals surface area contributed by atoms with Gasteiger partial charge in [0.2, 0.25) is 0 Å². The zero-order valence-corrected chi connectivity index (χ0v) is 22.6. The van der Waals surface area contributed by atoms with Gasteiger partial charge in [0.1, 0.15) is 11.5 Å². The Kier molecular flexibility index (Phi) is 7.49. The van der Waals surface area contributed by atoms with E-state index in [1.54, 1.807) is 22.7 Å². The van der Waals surface area contributed by atoms with Crippen LogP contribution in [0.4, 0.5) is 10.6 Å². The van der Waals surface area contributed by atoms with Gasteiger partial charge < -0.3 is 10.1 Å². The summed E-state index contributed by atoms with van der Waals surface area (Å²) in [7, 11) is 3.61. The van der Waals surface area contributed by atoms with Crippen LogP contribution in [0.3, 0.4) is 0 Å². The molecule has 9 heteroatoms. The molecule has 0 spiro atoms. The number of anilines is 1. The van der Waals surface area contributed by atoms with Crippen LogP contribution in [-0.2, 0) is 11.8 Å². The molecule has 3 aromatic rings. The van der Waals surface area contributed by atoms with E-state index in [1.165, 1.54) is 5.57 Å². The number of urea groups is 1. The molecule has 1 aliphatic heterocycles. The number of allylic oxidation sites excluding steroid dienone is 3. The van der Waals surface area contributed by atoms with Crippen molar-refractivity contribution in [2.24, 2.45) is 12.5 Å². The number of para-hydroxylation sites is 1. The number of carbonyl (C=O) groups excluding carboxylic acids is 1. The first-order valence-electron chi connectivity index (χ1n) is 13.2. The Balaban J connectivity index is 1.42. The molecular formula is C29H37N7O2. The Morgan fingerprint density at radius 1 is 1.24 bits per heavy atom. The standard InChI is InChI=1S/C29H37N7O2/c1-21-26(22-17-30-34(3)18-22)33-36(24-13-9-6-10-14-24)27(21)32-28(37)31-25-19-35(15-16-38-4)20-29(25,2)23-11-7-5-8-12-23/h6-7,9-14,17-18,25H,5,8,15-16,19-20H2,1-4H3,(H2,31,32,37)/t25-,29+/m1/s1. The molecule has 0 radical (unpaired) electrons. The van der Waals surface area contributed by atoms with Gasteiger partial charge in [-0.2, -0.15) is 10.2 Å². The van der Waals surface area contributed by atoms with Gasteiger partial charge in [0.15, 0.2) is 0 Å². The van der Waals surface area contributed by atoms with Gasteiger partial charge in [0.25, 0.3) is 0 Å². The van der Waals surface area contributed by atoms with Crippen LogP contribution in [0.5, 0.6) is 0 Å². The summed E-state index contributed by atoms with van der Waals surface area (Å²) in [6.45, 7) is 7.36. The first kappa shape index (κ1) is 25.9. The van der Waals surface area contributed by atoms with Crippen molar-refractivity contribution in [3.63, 3.8) is 0 Å². The Hall–Kier alpha value is -3.69. The number of likely N-dealkylation sites (tertiary alicyclic amines) is 1. The van der Waals surface area contributed by atoms with Crippen molar-refractivity contribution >= 4 is 11.8 Å². The number of nitrogens with zero attached hydrogens (tertiary/aromatic N) is 5. The Labute approximate surface area is 224 Å². The molecule has 2 amide bonds. The highest BCUT2D eigenvalue weighted by molar-refractivity contribution is 5.91. The number of amides is 2. The smallest absolute Gasteiger partial charge is 0.320 e. The van der Waals surface area contributed by atoms with Crippen LogP contribution in [0.2, 0.25) is 0 Å². The molecule has 0 bridgehead atoms. The van der Waals surface area contributed by atoms with E-state index < -0.39 is 0 Å². The van der Waals surface area contributed by atoms with E-state index >= 15 is 0 Å². The fraction of sp³-hybridized carbons (Fsp3) is 0.414. The average molecular weight is 516 g/mol. The van der Waals surface area contributed by atoms with Gasteiger partial charge in [-0.15, -0.1) is 0 Å². The first-order valence-corrected chi connectivity index (χ1v) is 13.2. The second-order valence-corrected chi connectivity index (χ2v) is 10.4. The summed E-state index contributed by atoms with van der Waals surface area (Å²) >= 11 is 0. The number of benzene rings is 1. The maximum atomic E-state index is 13.6. The summed E-state index contributed by atoms with van der Waals surface area (Å²) in [5.74, 6) is 0.639. The predicted octanol–water partition coefficient (Wildman–Crippen LogP) is 4.32. The molecule has 0 saturated carbocycles. The number of rotatable bonds is 8. The van der Waals surface area contributed by atoms with Crippen molar-refractivity contribution < 1.29 is 9.53 Å². The normalized spacial score (nSPS) is 21.5. The van der Waals surface area contributed by atoms with E-state index in [-0.39, 0.29) is 17.5 Å². The van der Waals surface area contributed by atoms with Crippen LogP contribution in [0.15, 0.2) is 66.5 Å². The van der Waals surface area contributed by atoms with Crippen molar-refractivity contribution in [2.45, 2.75) is 32.7 Å².